The number of nitrogens with two attached hydrogens (primary N) is 1. The van der Waals surface area contributed by atoms with Crippen LogP contribution in [0.4, 0.5) is 0 Å². The minimum atomic E-state index is 0.266. The lowest BCUT2D eigenvalue weighted by Gasteiger charge is -2.47. The molecule has 0 unspecified atom stereocenters. The molecular formula is C15H30N2O. The lowest BCUT2D eigenvalue weighted by molar-refractivity contribution is -0.0117. The molecule has 0 spiro atoms. The molecule has 1 saturated carbocycles. The Morgan fingerprint density at radius 2 is 1.61 bits per heavy atom. The molecule has 0 radical (unpaired) electrons. The van der Waals surface area contributed by atoms with Crippen molar-refractivity contribution in [2.75, 3.05) is 26.8 Å². The first-order valence-corrected chi connectivity index (χ1v) is 7.79. The predicted molar refractivity (Wildman–Crippen MR) is 75.7 cm³/mol. The van der Waals surface area contributed by atoms with E-state index in [9.17, 15) is 0 Å². The number of hydrogen-bond donors (Lipinski definition) is 1. The van der Waals surface area contributed by atoms with E-state index in [0.29, 0.717) is 6.04 Å². The van der Waals surface area contributed by atoms with Crippen molar-refractivity contribution in [2.45, 2.75) is 69.4 Å². The van der Waals surface area contributed by atoms with Crippen molar-refractivity contribution in [1.82, 2.24) is 4.90 Å². The van der Waals surface area contributed by atoms with Gasteiger partial charge in [-0.3, -0.25) is 4.90 Å². The maximum Gasteiger partial charge on any atom is 0.0480 e. The summed E-state index contributed by atoms with van der Waals surface area (Å²) in [7, 11) is 2.31. The molecule has 2 N–H and O–H groups in total. The fourth-order valence-corrected chi connectivity index (χ4v) is 3.72. The molecule has 0 aromatic carbocycles. The molecule has 1 aliphatic heterocycles. The van der Waals surface area contributed by atoms with Crippen LogP contribution in [0.2, 0.25) is 0 Å². The van der Waals surface area contributed by atoms with Gasteiger partial charge in [-0.15, -0.1) is 0 Å². The lowest BCUT2D eigenvalue weighted by atomic mass is 9.81. The zero-order valence-electron chi connectivity index (χ0n) is 12.0. The fourth-order valence-electron chi connectivity index (χ4n) is 3.72. The van der Waals surface area contributed by atoms with Gasteiger partial charge in [0.2, 0.25) is 0 Å². The molecule has 0 aromatic heterocycles. The summed E-state index contributed by atoms with van der Waals surface area (Å²) in [5.41, 5.74) is 6.46. The molecule has 0 aromatic rings. The van der Waals surface area contributed by atoms with E-state index in [1.165, 1.54) is 57.8 Å². The Bertz CT molecular complexity index is 231. The topological polar surface area (TPSA) is 38.5 Å². The highest BCUT2D eigenvalue weighted by Gasteiger charge is 2.37. The minimum absolute atomic E-state index is 0.266. The first-order valence-electron chi connectivity index (χ1n) is 7.79. The molecule has 1 aliphatic carbocycles. The fraction of sp³-hybridized carbons (Fsp3) is 1.00. The third kappa shape index (κ3) is 3.25. The second-order valence-corrected chi connectivity index (χ2v) is 6.15. The SMILES string of the molecule is CN(C1CCOCC1)C1(CN)CCCCCCC1. The summed E-state index contributed by atoms with van der Waals surface area (Å²) in [6.07, 6.45) is 11.8. The van der Waals surface area contributed by atoms with Gasteiger partial charge in [0, 0.05) is 31.3 Å². The van der Waals surface area contributed by atoms with E-state index in [0.717, 1.165) is 19.8 Å². The monoisotopic (exact) mass is 254 g/mol. The van der Waals surface area contributed by atoms with Crippen molar-refractivity contribution in [1.29, 1.82) is 0 Å². The number of hydrogen-bond acceptors (Lipinski definition) is 3. The highest BCUT2D eigenvalue weighted by atomic mass is 16.5. The van der Waals surface area contributed by atoms with Crippen molar-refractivity contribution >= 4 is 0 Å². The van der Waals surface area contributed by atoms with E-state index in [2.05, 4.69) is 11.9 Å². The van der Waals surface area contributed by atoms with Crippen molar-refractivity contribution in [3.63, 3.8) is 0 Å². The largest absolute Gasteiger partial charge is 0.381 e. The highest BCUT2D eigenvalue weighted by Crippen LogP contribution is 2.33. The van der Waals surface area contributed by atoms with Crippen molar-refractivity contribution in [3.8, 4) is 0 Å². The Labute approximate surface area is 112 Å². The molecule has 0 amide bonds. The van der Waals surface area contributed by atoms with Gasteiger partial charge >= 0.3 is 0 Å². The van der Waals surface area contributed by atoms with Gasteiger partial charge in [-0.05, 0) is 32.7 Å². The minimum Gasteiger partial charge on any atom is -0.381 e. The molecule has 106 valence electrons. The average molecular weight is 254 g/mol. The first-order chi connectivity index (χ1) is 8.78. The van der Waals surface area contributed by atoms with Gasteiger partial charge in [-0.1, -0.05) is 32.1 Å². The molecule has 1 saturated heterocycles. The summed E-state index contributed by atoms with van der Waals surface area (Å²) in [6.45, 7) is 2.67. The van der Waals surface area contributed by atoms with Gasteiger partial charge in [0.05, 0.1) is 0 Å². The molecule has 0 atom stereocenters. The van der Waals surface area contributed by atoms with E-state index in [1.807, 2.05) is 0 Å². The van der Waals surface area contributed by atoms with Crippen LogP contribution in [0.1, 0.15) is 57.8 Å². The van der Waals surface area contributed by atoms with E-state index >= 15 is 0 Å². The van der Waals surface area contributed by atoms with E-state index < -0.39 is 0 Å². The lowest BCUT2D eigenvalue weighted by Crippen LogP contribution is -2.57. The van der Waals surface area contributed by atoms with Gasteiger partial charge in [-0.2, -0.15) is 0 Å². The maximum atomic E-state index is 6.19. The van der Waals surface area contributed by atoms with Gasteiger partial charge in [-0.25, -0.2) is 0 Å². The first kappa shape index (κ1) is 14.3. The Morgan fingerprint density at radius 3 is 2.17 bits per heavy atom. The van der Waals surface area contributed by atoms with Crippen LogP contribution in [0.3, 0.4) is 0 Å². The van der Waals surface area contributed by atoms with Gasteiger partial charge in [0.15, 0.2) is 0 Å². The molecule has 1 heterocycles. The van der Waals surface area contributed by atoms with E-state index in [1.54, 1.807) is 0 Å². The van der Waals surface area contributed by atoms with Crippen molar-refractivity contribution in [2.24, 2.45) is 5.73 Å². The van der Waals surface area contributed by atoms with Crippen LogP contribution in [0.25, 0.3) is 0 Å². The van der Waals surface area contributed by atoms with E-state index in [-0.39, 0.29) is 5.54 Å². The van der Waals surface area contributed by atoms with Crippen LogP contribution < -0.4 is 5.73 Å². The summed E-state index contributed by atoms with van der Waals surface area (Å²) >= 11 is 0. The van der Waals surface area contributed by atoms with Gasteiger partial charge in [0.25, 0.3) is 0 Å². The van der Waals surface area contributed by atoms with Crippen LogP contribution in [0, 0.1) is 0 Å². The molecule has 2 rings (SSSR count). The normalized spacial score (nSPS) is 26.8. The quantitative estimate of drug-likeness (QED) is 0.841. The molecule has 2 aliphatic rings. The van der Waals surface area contributed by atoms with Crippen LogP contribution in [-0.2, 0) is 4.74 Å². The third-order valence-electron chi connectivity index (χ3n) is 5.15. The number of nitrogens with zero attached hydrogens (tertiary/aromatic N) is 1. The molecular weight excluding hydrogens is 224 g/mol. The van der Waals surface area contributed by atoms with Gasteiger partial charge < -0.3 is 10.5 Å². The van der Waals surface area contributed by atoms with E-state index in [4.69, 9.17) is 10.5 Å². The van der Waals surface area contributed by atoms with Crippen LogP contribution >= 0.6 is 0 Å². The number of likely N-dealkylation sites (N-methyl/N-ethyl adjacent to an activating group) is 1. The highest BCUT2D eigenvalue weighted by molar-refractivity contribution is 4.94. The zero-order valence-corrected chi connectivity index (χ0v) is 12.0. The Hall–Kier alpha value is -0.120. The molecule has 18 heavy (non-hydrogen) atoms. The molecule has 3 nitrogen and oxygen atoms in total. The predicted octanol–water partition coefficient (Wildman–Crippen LogP) is 2.54. The third-order valence-corrected chi connectivity index (χ3v) is 5.15. The standard InChI is InChI=1S/C15H30N2O/c1-17(14-7-11-18-12-8-14)15(13-16)9-5-3-2-4-6-10-15/h14H,2-13,16H2,1H3. The molecule has 2 fully saturated rings. The maximum absolute atomic E-state index is 6.19. The van der Waals surface area contributed by atoms with Crippen LogP contribution in [0.15, 0.2) is 0 Å². The average Bonchev–Trinajstić information content (AvgIpc) is 2.40. The Balaban J connectivity index is 2.02. The molecule has 0 bridgehead atoms. The van der Waals surface area contributed by atoms with Crippen LogP contribution in [0.5, 0.6) is 0 Å². The zero-order chi connectivity index (χ0) is 12.8. The Morgan fingerprint density at radius 1 is 1.06 bits per heavy atom. The number of ether oxygens (including phenoxy) is 1. The summed E-state index contributed by atoms with van der Waals surface area (Å²) in [5.74, 6) is 0. The molecule has 3 heteroatoms. The smallest absolute Gasteiger partial charge is 0.0480 e. The van der Waals surface area contributed by atoms with Crippen molar-refractivity contribution < 1.29 is 4.74 Å². The van der Waals surface area contributed by atoms with Gasteiger partial charge in [0.1, 0.15) is 0 Å². The van der Waals surface area contributed by atoms with Crippen LogP contribution in [-0.4, -0.2) is 43.3 Å². The summed E-state index contributed by atoms with van der Waals surface area (Å²) < 4.78 is 5.49. The second-order valence-electron chi connectivity index (χ2n) is 6.15. The summed E-state index contributed by atoms with van der Waals surface area (Å²) in [6, 6.07) is 0.682. The number of rotatable bonds is 3. The second kappa shape index (κ2) is 6.88. The van der Waals surface area contributed by atoms with Crippen molar-refractivity contribution in [3.05, 3.63) is 0 Å². The summed E-state index contributed by atoms with van der Waals surface area (Å²) in [4.78, 5) is 2.63. The Kier molecular flexibility index (Phi) is 5.46. The summed E-state index contributed by atoms with van der Waals surface area (Å²) in [5, 5.41) is 0.